The summed E-state index contributed by atoms with van der Waals surface area (Å²) in [5.74, 6) is -4.91. The number of nitrogens with one attached hydrogen (secondary N) is 1. The van der Waals surface area contributed by atoms with Gasteiger partial charge in [0.1, 0.15) is 10.6 Å². The van der Waals surface area contributed by atoms with Gasteiger partial charge in [-0.05, 0) is 86.3 Å². The maximum Gasteiger partial charge on any atom is 0.435 e. The number of fused-ring (bicyclic) bond motifs is 3. The van der Waals surface area contributed by atoms with Gasteiger partial charge in [-0.1, -0.05) is 18.2 Å². The van der Waals surface area contributed by atoms with Gasteiger partial charge in [-0.25, -0.2) is 17.2 Å². The zero-order chi connectivity index (χ0) is 32.5. The number of carbonyl (C=O) groups is 2. The molecule has 0 bridgehead atoms. The van der Waals surface area contributed by atoms with Crippen LogP contribution in [0.5, 0.6) is 0 Å². The number of carboxylic acid groups (broad SMARTS) is 1. The topological polar surface area (TPSA) is 101 Å². The van der Waals surface area contributed by atoms with E-state index in [1.807, 2.05) is 0 Å². The normalized spacial score (nSPS) is 27.5. The van der Waals surface area contributed by atoms with E-state index in [1.54, 1.807) is 0 Å². The van der Waals surface area contributed by atoms with Crippen molar-refractivity contribution in [2.24, 2.45) is 17.8 Å². The molecule has 2 N–H and O–H groups in total. The van der Waals surface area contributed by atoms with Gasteiger partial charge in [-0.15, -0.1) is 0 Å². The Bertz CT molecular complexity index is 1560. The molecule has 6 nitrogen and oxygen atoms in total. The number of aryl methyl sites for hydroxylation is 1. The molecule has 2 saturated carbocycles. The van der Waals surface area contributed by atoms with Gasteiger partial charge in [0.25, 0.3) is 0 Å². The maximum atomic E-state index is 15.0. The van der Waals surface area contributed by atoms with E-state index >= 15 is 0 Å². The molecule has 2 aromatic carbocycles. The van der Waals surface area contributed by atoms with Crippen molar-refractivity contribution >= 4 is 21.7 Å². The lowest BCUT2D eigenvalue weighted by atomic mass is 9.72. The molecule has 0 aliphatic heterocycles. The molecule has 0 spiro atoms. The summed E-state index contributed by atoms with van der Waals surface area (Å²) < 4.78 is 137. The van der Waals surface area contributed by atoms with E-state index in [1.165, 1.54) is 0 Å². The second kappa shape index (κ2) is 10.7. The van der Waals surface area contributed by atoms with Crippen LogP contribution in [0.25, 0.3) is 0 Å². The smallest absolute Gasteiger partial charge is 0.435 e. The molecule has 3 aliphatic carbocycles. The van der Waals surface area contributed by atoms with Gasteiger partial charge in [0.15, 0.2) is 9.84 Å². The van der Waals surface area contributed by atoms with Crippen molar-refractivity contribution in [3.63, 3.8) is 0 Å². The molecule has 15 heteroatoms. The highest BCUT2D eigenvalue weighted by Crippen LogP contribution is 2.60. The maximum absolute atomic E-state index is 15.0. The molecule has 0 aromatic heterocycles. The first-order valence-electron chi connectivity index (χ1n) is 13.8. The van der Waals surface area contributed by atoms with Crippen LogP contribution in [-0.4, -0.2) is 43.8 Å². The number of rotatable bonds is 6. The van der Waals surface area contributed by atoms with Gasteiger partial charge >= 0.3 is 24.0 Å². The number of alkyl halides is 7. The SMILES string of the molecule is O=C(O)[C@H]1CC[C@H](NC(=O)[C@@H]2CC[C@@]3(S(=O)(=O)c4ccc(F)cc4)c4ccc(C(F)(C(F)(F)F)C(F)(F)F)cc4CC[C@@H]23)C1. The quantitative estimate of drug-likeness (QED) is 0.289. The molecule has 0 unspecified atom stereocenters. The van der Waals surface area contributed by atoms with Crippen LogP contribution in [0.2, 0.25) is 0 Å². The van der Waals surface area contributed by atoms with Crippen molar-refractivity contribution in [2.75, 3.05) is 0 Å². The highest BCUT2D eigenvalue weighted by atomic mass is 32.2. The molecular weight excluding hydrogens is 626 g/mol. The summed E-state index contributed by atoms with van der Waals surface area (Å²) in [6, 6.07) is 4.69. The molecule has 0 saturated heterocycles. The second-order valence-corrected chi connectivity index (χ2v) is 13.9. The zero-order valence-electron chi connectivity index (χ0n) is 22.8. The third-order valence-corrected chi connectivity index (χ3v) is 12.0. The van der Waals surface area contributed by atoms with Gasteiger partial charge in [-0.3, -0.25) is 9.59 Å². The van der Waals surface area contributed by atoms with Crippen molar-refractivity contribution < 1.29 is 58.2 Å². The van der Waals surface area contributed by atoms with Gasteiger partial charge < -0.3 is 10.4 Å². The van der Waals surface area contributed by atoms with Crippen LogP contribution >= 0.6 is 0 Å². The Hall–Kier alpha value is -3.23. The molecule has 240 valence electrons. The van der Waals surface area contributed by atoms with Crippen LogP contribution in [0.1, 0.15) is 55.2 Å². The lowest BCUT2D eigenvalue weighted by Gasteiger charge is -2.42. The minimum atomic E-state index is -6.37. The van der Waals surface area contributed by atoms with E-state index in [4.69, 9.17) is 0 Å². The predicted molar refractivity (Wildman–Crippen MR) is 138 cm³/mol. The number of sulfone groups is 1. The molecule has 2 fully saturated rings. The number of carboxylic acids is 1. The molecule has 5 rings (SSSR count). The number of amides is 1. The van der Waals surface area contributed by atoms with E-state index in [2.05, 4.69) is 5.32 Å². The van der Waals surface area contributed by atoms with Gasteiger partial charge in [-0.2, -0.15) is 26.3 Å². The summed E-state index contributed by atoms with van der Waals surface area (Å²) in [7, 11) is -4.57. The minimum absolute atomic E-state index is 0.0225. The zero-order valence-corrected chi connectivity index (χ0v) is 23.6. The van der Waals surface area contributed by atoms with Crippen LogP contribution < -0.4 is 5.32 Å². The Balaban J connectivity index is 1.60. The molecule has 0 heterocycles. The Morgan fingerprint density at radius 1 is 0.886 bits per heavy atom. The molecule has 3 aliphatic rings. The van der Waals surface area contributed by atoms with Crippen LogP contribution in [0, 0.1) is 23.6 Å². The summed E-state index contributed by atoms with van der Waals surface area (Å²) in [6.45, 7) is 0. The minimum Gasteiger partial charge on any atom is -0.481 e. The van der Waals surface area contributed by atoms with Crippen molar-refractivity contribution in [3.05, 3.63) is 65.0 Å². The average Bonchev–Trinajstić information content (AvgIpc) is 3.57. The Morgan fingerprint density at radius 2 is 1.52 bits per heavy atom. The first-order chi connectivity index (χ1) is 20.3. The Labute approximate surface area is 246 Å². The highest BCUT2D eigenvalue weighted by molar-refractivity contribution is 7.92. The van der Waals surface area contributed by atoms with Crippen LogP contribution in [-0.2, 0) is 36.3 Å². The van der Waals surface area contributed by atoms with Crippen molar-refractivity contribution in [3.8, 4) is 0 Å². The van der Waals surface area contributed by atoms with E-state index in [-0.39, 0.29) is 54.2 Å². The number of benzene rings is 2. The summed E-state index contributed by atoms with van der Waals surface area (Å²) in [5.41, 5.74) is -7.84. The predicted octanol–water partition coefficient (Wildman–Crippen LogP) is 6.13. The lowest BCUT2D eigenvalue weighted by Crippen LogP contribution is -2.51. The summed E-state index contributed by atoms with van der Waals surface area (Å²) >= 11 is 0. The number of carbonyl (C=O) groups excluding carboxylic acids is 1. The summed E-state index contributed by atoms with van der Waals surface area (Å²) in [6.07, 6.45) is -12.5. The van der Waals surface area contributed by atoms with Crippen LogP contribution in [0.3, 0.4) is 0 Å². The van der Waals surface area contributed by atoms with Crippen molar-refractivity contribution in [1.29, 1.82) is 0 Å². The van der Waals surface area contributed by atoms with E-state index in [9.17, 15) is 58.2 Å². The number of halogens is 8. The highest BCUT2D eigenvalue weighted by Gasteiger charge is 2.74. The molecule has 5 atom stereocenters. The average molecular weight is 654 g/mol. The van der Waals surface area contributed by atoms with Gasteiger partial charge in [0.2, 0.25) is 5.91 Å². The van der Waals surface area contributed by atoms with Gasteiger partial charge in [0, 0.05) is 17.5 Å². The Morgan fingerprint density at radius 3 is 2.09 bits per heavy atom. The summed E-state index contributed by atoms with van der Waals surface area (Å²) in [4.78, 5) is 24.5. The second-order valence-electron chi connectivity index (χ2n) is 11.7. The summed E-state index contributed by atoms with van der Waals surface area (Å²) in [5, 5.41) is 12.1. The lowest BCUT2D eigenvalue weighted by molar-refractivity contribution is -0.348. The van der Waals surface area contributed by atoms with E-state index in [0.717, 1.165) is 30.3 Å². The van der Waals surface area contributed by atoms with Crippen molar-refractivity contribution in [2.45, 2.75) is 78.7 Å². The van der Waals surface area contributed by atoms with Crippen LogP contribution in [0.15, 0.2) is 47.4 Å². The fraction of sp³-hybridized carbons (Fsp3) is 0.517. The standard InChI is InChI=1S/C29H27F8NO5S/c30-18-4-7-20(8-5-18)44(42,43)26-12-11-21(24(39)38-19-6-1-16(14-19)25(40)41)23(26)9-2-15-13-17(3-10-22(15)26)27(31,28(32,33)34)29(35,36)37/h3-5,7-8,10,13,16,19,21,23H,1-2,6,9,11-12,14H2,(H,38,39)(H,40,41)/t16-,19-,21+,23-,26+/m0/s1. The van der Waals surface area contributed by atoms with Crippen molar-refractivity contribution in [1.82, 2.24) is 5.32 Å². The number of aliphatic carboxylic acids is 1. The fourth-order valence-corrected chi connectivity index (χ4v) is 9.81. The first kappa shape index (κ1) is 32.2. The Kier molecular flexibility index (Phi) is 7.82. The largest absolute Gasteiger partial charge is 0.481 e. The van der Waals surface area contributed by atoms with Crippen LogP contribution in [0.4, 0.5) is 35.1 Å². The molecule has 0 radical (unpaired) electrons. The van der Waals surface area contributed by atoms with E-state index in [0.29, 0.717) is 18.9 Å². The third kappa shape index (κ3) is 4.85. The first-order valence-corrected chi connectivity index (χ1v) is 15.3. The van der Waals surface area contributed by atoms with E-state index < -0.39 is 79.7 Å². The molecule has 1 amide bonds. The fourth-order valence-electron chi connectivity index (χ4n) is 7.34. The number of hydrogen-bond donors (Lipinski definition) is 2. The third-order valence-electron chi connectivity index (χ3n) is 9.44. The number of hydrogen-bond acceptors (Lipinski definition) is 4. The molecule has 44 heavy (non-hydrogen) atoms. The molecular formula is C29H27F8NO5S. The monoisotopic (exact) mass is 653 g/mol. The van der Waals surface area contributed by atoms with Gasteiger partial charge in [0.05, 0.1) is 10.8 Å². The molecule has 2 aromatic rings.